The Morgan fingerprint density at radius 1 is 0.941 bits per heavy atom. The molecule has 0 saturated carbocycles. The van der Waals surface area contributed by atoms with Gasteiger partial charge in [-0.05, 0) is 42.5 Å². The maximum atomic E-state index is 13.0. The summed E-state index contributed by atoms with van der Waals surface area (Å²) in [6, 6.07) is 13.0. The van der Waals surface area contributed by atoms with Crippen LogP contribution in [0.25, 0.3) is 0 Å². The summed E-state index contributed by atoms with van der Waals surface area (Å²) in [4.78, 5) is 41.1. The maximum Gasteiger partial charge on any atom is 0.243 e. The molecule has 0 aliphatic carbocycles. The van der Waals surface area contributed by atoms with Crippen LogP contribution in [0, 0.1) is 0 Å². The van der Waals surface area contributed by atoms with Gasteiger partial charge in [0, 0.05) is 13.0 Å². The van der Waals surface area contributed by atoms with Gasteiger partial charge in [0.05, 0.1) is 12.1 Å². The molecule has 10 nitrogen and oxygen atoms in total. The molecule has 9 N–H and O–H groups in total. The average molecular weight is 469 g/mol. The Hall–Kier alpha value is -3.92. The number of carbonyl (C=O) groups is 3. The van der Waals surface area contributed by atoms with E-state index in [-0.39, 0.29) is 18.1 Å². The SMILES string of the molecule is NC(N)=NCCC[C@@H](C=O)NC(=O)[C@H](Cc1ccc(O)cc1)NC(=O)[C@H](N)Cc1ccccc1. The van der Waals surface area contributed by atoms with Crippen LogP contribution in [-0.4, -0.2) is 53.8 Å². The molecule has 2 aromatic rings. The van der Waals surface area contributed by atoms with Gasteiger partial charge in [-0.2, -0.15) is 0 Å². The molecule has 0 spiro atoms. The minimum atomic E-state index is -0.973. The van der Waals surface area contributed by atoms with Gasteiger partial charge in [0.15, 0.2) is 5.96 Å². The minimum absolute atomic E-state index is 0.0461. The highest BCUT2D eigenvalue weighted by atomic mass is 16.3. The highest BCUT2D eigenvalue weighted by Gasteiger charge is 2.26. The van der Waals surface area contributed by atoms with Crippen LogP contribution in [0.2, 0.25) is 0 Å². The Morgan fingerprint density at radius 2 is 1.59 bits per heavy atom. The van der Waals surface area contributed by atoms with E-state index in [2.05, 4.69) is 15.6 Å². The number of aldehydes is 1. The first-order valence-electron chi connectivity index (χ1n) is 11.0. The number of nitrogens with two attached hydrogens (primary N) is 3. The number of carbonyl (C=O) groups excluding carboxylic acids is 3. The van der Waals surface area contributed by atoms with Crippen LogP contribution in [0.4, 0.5) is 0 Å². The van der Waals surface area contributed by atoms with Gasteiger partial charge in [-0.1, -0.05) is 42.5 Å². The number of nitrogens with one attached hydrogen (secondary N) is 2. The Bertz CT molecular complexity index is 961. The molecule has 0 bridgehead atoms. The van der Waals surface area contributed by atoms with E-state index in [4.69, 9.17) is 17.2 Å². The van der Waals surface area contributed by atoms with Crippen molar-refractivity contribution in [2.24, 2.45) is 22.2 Å². The zero-order valence-corrected chi connectivity index (χ0v) is 18.9. The third kappa shape index (κ3) is 9.29. The van der Waals surface area contributed by atoms with Gasteiger partial charge in [-0.3, -0.25) is 14.6 Å². The highest BCUT2D eigenvalue weighted by Crippen LogP contribution is 2.12. The molecule has 0 aliphatic heterocycles. The number of phenols is 1. The fourth-order valence-electron chi connectivity index (χ4n) is 3.29. The lowest BCUT2D eigenvalue weighted by molar-refractivity contribution is -0.130. The van der Waals surface area contributed by atoms with E-state index >= 15 is 0 Å². The molecule has 34 heavy (non-hydrogen) atoms. The van der Waals surface area contributed by atoms with Crippen molar-refractivity contribution in [2.45, 2.75) is 43.8 Å². The number of amides is 2. The van der Waals surface area contributed by atoms with Gasteiger partial charge in [-0.25, -0.2) is 0 Å². The van der Waals surface area contributed by atoms with Crippen LogP contribution in [0.1, 0.15) is 24.0 Å². The summed E-state index contributed by atoms with van der Waals surface area (Å²) in [6.45, 7) is 0.324. The topological polar surface area (TPSA) is 186 Å². The molecular weight excluding hydrogens is 436 g/mol. The predicted molar refractivity (Wildman–Crippen MR) is 130 cm³/mol. The molecule has 0 radical (unpaired) electrons. The number of guanidine groups is 1. The monoisotopic (exact) mass is 468 g/mol. The Labute approximate surface area is 198 Å². The first-order chi connectivity index (χ1) is 16.3. The van der Waals surface area contributed by atoms with E-state index < -0.39 is 29.9 Å². The molecule has 0 fully saturated rings. The number of hydrogen-bond donors (Lipinski definition) is 6. The second-order valence-corrected chi connectivity index (χ2v) is 7.93. The molecule has 3 atom stereocenters. The molecule has 0 saturated heterocycles. The van der Waals surface area contributed by atoms with Gasteiger partial charge < -0.3 is 37.7 Å². The van der Waals surface area contributed by atoms with Crippen molar-refractivity contribution in [2.75, 3.05) is 6.54 Å². The van der Waals surface area contributed by atoms with E-state index in [1.165, 1.54) is 12.1 Å². The number of rotatable bonds is 13. The molecule has 2 amide bonds. The normalized spacial score (nSPS) is 13.2. The average Bonchev–Trinajstić information content (AvgIpc) is 2.82. The second-order valence-electron chi connectivity index (χ2n) is 7.93. The van der Waals surface area contributed by atoms with Crippen molar-refractivity contribution in [1.29, 1.82) is 0 Å². The van der Waals surface area contributed by atoms with Gasteiger partial charge in [-0.15, -0.1) is 0 Å². The third-order valence-corrected chi connectivity index (χ3v) is 5.10. The van der Waals surface area contributed by atoms with Crippen LogP contribution in [0.3, 0.4) is 0 Å². The summed E-state index contributed by atoms with van der Waals surface area (Å²) >= 11 is 0. The number of benzene rings is 2. The summed E-state index contributed by atoms with van der Waals surface area (Å²) in [5.74, 6) is -0.971. The van der Waals surface area contributed by atoms with E-state index in [0.717, 1.165) is 5.56 Å². The summed E-state index contributed by atoms with van der Waals surface area (Å²) in [6.07, 6.45) is 1.91. The Morgan fingerprint density at radius 3 is 2.21 bits per heavy atom. The van der Waals surface area contributed by atoms with E-state index in [1.54, 1.807) is 12.1 Å². The minimum Gasteiger partial charge on any atom is -0.508 e. The van der Waals surface area contributed by atoms with Gasteiger partial charge >= 0.3 is 0 Å². The molecule has 2 aromatic carbocycles. The number of phenolic OH excluding ortho intramolecular Hbond substituents is 1. The van der Waals surface area contributed by atoms with Crippen LogP contribution < -0.4 is 27.8 Å². The third-order valence-electron chi connectivity index (χ3n) is 5.10. The van der Waals surface area contributed by atoms with Crippen molar-refractivity contribution < 1.29 is 19.5 Å². The van der Waals surface area contributed by atoms with Gasteiger partial charge in [0.2, 0.25) is 11.8 Å². The van der Waals surface area contributed by atoms with Gasteiger partial charge in [0.25, 0.3) is 0 Å². The summed E-state index contributed by atoms with van der Waals surface area (Å²) in [5.41, 5.74) is 18.3. The number of nitrogens with zero attached hydrogens (tertiary/aromatic N) is 1. The molecule has 0 unspecified atom stereocenters. The summed E-state index contributed by atoms with van der Waals surface area (Å²) < 4.78 is 0. The van der Waals surface area contributed by atoms with Crippen LogP contribution >= 0.6 is 0 Å². The smallest absolute Gasteiger partial charge is 0.243 e. The van der Waals surface area contributed by atoms with Gasteiger partial charge in [0.1, 0.15) is 18.1 Å². The van der Waals surface area contributed by atoms with E-state index in [0.29, 0.717) is 37.7 Å². The molecule has 0 aromatic heterocycles. The van der Waals surface area contributed by atoms with Crippen molar-refractivity contribution in [3.63, 3.8) is 0 Å². The maximum absolute atomic E-state index is 13.0. The quantitative estimate of drug-likeness (QED) is 0.101. The molecule has 0 aliphatic rings. The summed E-state index contributed by atoms with van der Waals surface area (Å²) in [7, 11) is 0. The fourth-order valence-corrected chi connectivity index (χ4v) is 3.29. The molecule has 10 heteroatoms. The van der Waals surface area contributed by atoms with Crippen molar-refractivity contribution >= 4 is 24.1 Å². The Balaban J connectivity index is 2.06. The van der Waals surface area contributed by atoms with Crippen LogP contribution in [-0.2, 0) is 27.2 Å². The van der Waals surface area contributed by atoms with Crippen molar-refractivity contribution in [1.82, 2.24) is 10.6 Å². The molecule has 0 heterocycles. The van der Waals surface area contributed by atoms with Crippen molar-refractivity contribution in [3.05, 3.63) is 65.7 Å². The zero-order chi connectivity index (χ0) is 24.9. The molecular formula is C24H32N6O4. The standard InChI is InChI=1S/C24H32N6O4/c25-20(13-16-5-2-1-3-6-16)22(33)30-21(14-17-8-10-19(32)11-9-17)23(34)29-18(15-31)7-4-12-28-24(26)27/h1-3,5-6,8-11,15,18,20-21,32H,4,7,12-14,25H2,(H,29,34)(H,30,33)(H4,26,27,28)/t18-,20+,21-/m0/s1. The largest absolute Gasteiger partial charge is 0.508 e. The lowest BCUT2D eigenvalue weighted by Gasteiger charge is -2.23. The first kappa shape index (κ1) is 26.3. The van der Waals surface area contributed by atoms with Crippen LogP contribution in [0.15, 0.2) is 59.6 Å². The molecule has 2 rings (SSSR count). The fraction of sp³-hybridized carbons (Fsp3) is 0.333. The zero-order valence-electron chi connectivity index (χ0n) is 18.9. The number of aliphatic imine (C=N–C) groups is 1. The van der Waals surface area contributed by atoms with E-state index in [9.17, 15) is 19.5 Å². The predicted octanol–water partition coefficient (Wildman–Crippen LogP) is -0.273. The Kier molecular flexibility index (Phi) is 10.5. The highest BCUT2D eigenvalue weighted by molar-refractivity contribution is 5.91. The van der Waals surface area contributed by atoms with Crippen LogP contribution in [0.5, 0.6) is 5.75 Å². The first-order valence-corrected chi connectivity index (χ1v) is 11.0. The second kappa shape index (κ2) is 13.6. The number of hydrogen-bond acceptors (Lipinski definition) is 6. The molecule has 182 valence electrons. The van der Waals surface area contributed by atoms with E-state index in [1.807, 2.05) is 30.3 Å². The number of aromatic hydroxyl groups is 1. The lowest BCUT2D eigenvalue weighted by atomic mass is 10.0. The summed E-state index contributed by atoms with van der Waals surface area (Å²) in [5, 5.41) is 14.9. The van der Waals surface area contributed by atoms with Crippen molar-refractivity contribution in [3.8, 4) is 5.75 Å². The lowest BCUT2D eigenvalue weighted by Crippen LogP contribution is -2.54.